The number of nitrogens with zero attached hydrogens (tertiary/aromatic N) is 2. The molecule has 162 valence electrons. The fraction of sp³-hybridized carbons (Fsp3) is 0.333. The molecule has 1 N–H and O–H groups in total. The third-order valence-corrected chi connectivity index (χ3v) is 6.50. The Morgan fingerprint density at radius 1 is 1.16 bits per heavy atom. The number of rotatable bonds is 6. The van der Waals surface area contributed by atoms with Gasteiger partial charge in [-0.1, -0.05) is 41.9 Å². The number of hydrogen-bond acceptors (Lipinski definition) is 5. The zero-order valence-electron chi connectivity index (χ0n) is 17.7. The molecule has 1 fully saturated rings. The second kappa shape index (κ2) is 9.92. The first-order chi connectivity index (χ1) is 15.0. The Labute approximate surface area is 192 Å². The van der Waals surface area contributed by atoms with E-state index in [0.717, 1.165) is 35.1 Å². The molecule has 0 saturated carbocycles. The summed E-state index contributed by atoms with van der Waals surface area (Å²) in [5.41, 5.74) is 2.86. The Morgan fingerprint density at radius 2 is 1.87 bits per heavy atom. The van der Waals surface area contributed by atoms with E-state index in [-0.39, 0.29) is 18.1 Å². The minimum atomic E-state index is -0.154. The van der Waals surface area contributed by atoms with Crippen LogP contribution in [0.25, 0.3) is 0 Å². The molecule has 2 aromatic carbocycles. The summed E-state index contributed by atoms with van der Waals surface area (Å²) < 4.78 is 5.80. The van der Waals surface area contributed by atoms with Gasteiger partial charge in [-0.2, -0.15) is 0 Å². The van der Waals surface area contributed by atoms with Gasteiger partial charge in [-0.3, -0.25) is 15.0 Å². The average Bonchev–Trinajstić information content (AvgIpc) is 3.16. The topological polar surface area (TPSA) is 54.5 Å². The number of benzene rings is 2. The van der Waals surface area contributed by atoms with Crippen molar-refractivity contribution in [3.63, 3.8) is 0 Å². The second-order valence-corrected chi connectivity index (χ2v) is 9.52. The highest BCUT2D eigenvalue weighted by Crippen LogP contribution is 2.25. The molecule has 1 saturated heterocycles. The first kappa shape index (κ1) is 22.0. The molecule has 3 aromatic rings. The Balaban J connectivity index is 1.34. The van der Waals surface area contributed by atoms with E-state index >= 15 is 0 Å². The summed E-state index contributed by atoms with van der Waals surface area (Å²) in [5, 5.41) is 4.23. The number of aromatic nitrogens is 1. The van der Waals surface area contributed by atoms with E-state index in [4.69, 9.17) is 16.3 Å². The van der Waals surface area contributed by atoms with Crippen LogP contribution in [0.2, 0.25) is 5.02 Å². The van der Waals surface area contributed by atoms with Crippen molar-refractivity contribution in [3.8, 4) is 0 Å². The number of carbonyl (C=O) groups is 1. The van der Waals surface area contributed by atoms with Crippen molar-refractivity contribution < 1.29 is 9.53 Å². The zero-order valence-corrected chi connectivity index (χ0v) is 19.2. The summed E-state index contributed by atoms with van der Waals surface area (Å²) in [4.78, 5) is 20.4. The number of morpholine rings is 1. The maximum atomic E-state index is 12.6. The number of nitrogens with one attached hydrogen (secondary N) is 1. The third kappa shape index (κ3) is 5.92. The molecule has 0 bridgehead atoms. The van der Waals surface area contributed by atoms with Gasteiger partial charge in [-0.15, -0.1) is 11.3 Å². The van der Waals surface area contributed by atoms with Crippen LogP contribution in [0.1, 0.15) is 40.2 Å². The van der Waals surface area contributed by atoms with Gasteiger partial charge in [0.25, 0.3) is 5.91 Å². The van der Waals surface area contributed by atoms with E-state index in [9.17, 15) is 4.79 Å². The minimum absolute atomic E-state index is 0.154. The van der Waals surface area contributed by atoms with Gasteiger partial charge in [0.1, 0.15) is 0 Å². The average molecular weight is 456 g/mol. The first-order valence-corrected chi connectivity index (χ1v) is 11.6. The molecule has 2 unspecified atom stereocenters. The molecule has 0 spiro atoms. The van der Waals surface area contributed by atoms with Crippen LogP contribution in [0.15, 0.2) is 54.7 Å². The number of ether oxygens (including phenoxy) is 1. The molecular formula is C24H26ClN3O2S. The van der Waals surface area contributed by atoms with E-state index < -0.39 is 0 Å². The Hall–Kier alpha value is -2.25. The molecule has 0 radical (unpaired) electrons. The predicted octanol–water partition coefficient (Wildman–Crippen LogP) is 5.25. The normalized spacial score (nSPS) is 19.3. The van der Waals surface area contributed by atoms with Crippen LogP contribution >= 0.6 is 22.9 Å². The molecule has 2 heterocycles. The molecule has 7 heteroatoms. The summed E-state index contributed by atoms with van der Waals surface area (Å²) in [6, 6.07) is 15.5. The monoisotopic (exact) mass is 455 g/mol. The number of carbonyl (C=O) groups excluding carboxylic acids is 1. The Bertz CT molecular complexity index is 1030. The van der Waals surface area contributed by atoms with E-state index in [0.29, 0.717) is 17.1 Å². The smallest absolute Gasteiger partial charge is 0.257 e. The van der Waals surface area contributed by atoms with Crippen LogP contribution in [-0.2, 0) is 17.7 Å². The fourth-order valence-electron chi connectivity index (χ4n) is 3.88. The first-order valence-electron chi connectivity index (χ1n) is 10.4. The van der Waals surface area contributed by atoms with E-state index in [2.05, 4.69) is 29.0 Å². The van der Waals surface area contributed by atoms with E-state index in [1.165, 1.54) is 16.9 Å². The standard InChI is InChI=1S/C24H26ClN3O2S/c1-16-13-28(14-17(2)30-16)15-18-7-9-19(10-8-18)23(29)27-24-26-12-21(31-24)11-20-5-3-4-6-22(20)25/h3-10,12,16-17H,11,13-15H2,1-2H3,(H,26,27,29). The van der Waals surface area contributed by atoms with E-state index in [1.54, 1.807) is 6.20 Å². The summed E-state index contributed by atoms with van der Waals surface area (Å²) in [7, 11) is 0. The maximum absolute atomic E-state index is 12.6. The van der Waals surface area contributed by atoms with Gasteiger partial charge in [-0.25, -0.2) is 4.98 Å². The Kier molecular flexibility index (Phi) is 7.02. The van der Waals surface area contributed by atoms with Crippen molar-refractivity contribution in [2.45, 2.75) is 39.0 Å². The predicted molar refractivity (Wildman–Crippen MR) is 126 cm³/mol. The van der Waals surface area contributed by atoms with Crippen LogP contribution in [0.5, 0.6) is 0 Å². The molecule has 1 aliphatic heterocycles. The molecular weight excluding hydrogens is 430 g/mol. The van der Waals surface area contributed by atoms with Crippen LogP contribution in [0.3, 0.4) is 0 Å². The summed E-state index contributed by atoms with van der Waals surface area (Å²) >= 11 is 7.71. The summed E-state index contributed by atoms with van der Waals surface area (Å²) in [6.45, 7) is 6.92. The summed E-state index contributed by atoms with van der Waals surface area (Å²) in [6.07, 6.45) is 2.97. The highest BCUT2D eigenvalue weighted by Gasteiger charge is 2.22. The molecule has 0 aliphatic carbocycles. The van der Waals surface area contributed by atoms with Gasteiger partial charge in [0.15, 0.2) is 5.13 Å². The fourth-order valence-corrected chi connectivity index (χ4v) is 4.91. The third-order valence-electron chi connectivity index (χ3n) is 5.21. The van der Waals surface area contributed by atoms with Gasteiger partial charge in [0.05, 0.1) is 12.2 Å². The molecule has 1 amide bonds. The SMILES string of the molecule is CC1CN(Cc2ccc(C(=O)Nc3ncc(Cc4ccccc4Cl)s3)cc2)CC(C)O1. The largest absolute Gasteiger partial charge is 0.373 e. The van der Waals surface area contributed by atoms with Crippen molar-refractivity contribution in [2.75, 3.05) is 18.4 Å². The van der Waals surface area contributed by atoms with Crippen molar-refractivity contribution >= 4 is 34.0 Å². The van der Waals surface area contributed by atoms with E-state index in [1.807, 2.05) is 48.5 Å². The molecule has 1 aliphatic rings. The van der Waals surface area contributed by atoms with Gasteiger partial charge in [0.2, 0.25) is 0 Å². The van der Waals surface area contributed by atoms with Gasteiger partial charge in [0, 0.05) is 47.7 Å². The lowest BCUT2D eigenvalue weighted by atomic mass is 10.1. The van der Waals surface area contributed by atoms with Crippen molar-refractivity contribution in [1.29, 1.82) is 0 Å². The number of hydrogen-bond donors (Lipinski definition) is 1. The summed E-state index contributed by atoms with van der Waals surface area (Å²) in [5.74, 6) is -0.154. The molecule has 5 nitrogen and oxygen atoms in total. The lowest BCUT2D eigenvalue weighted by Crippen LogP contribution is -2.44. The highest BCUT2D eigenvalue weighted by molar-refractivity contribution is 7.15. The van der Waals surface area contributed by atoms with Crippen molar-refractivity contribution in [1.82, 2.24) is 9.88 Å². The van der Waals surface area contributed by atoms with Gasteiger partial charge in [-0.05, 0) is 43.2 Å². The molecule has 1 aromatic heterocycles. The van der Waals surface area contributed by atoms with Gasteiger partial charge >= 0.3 is 0 Å². The van der Waals surface area contributed by atoms with Crippen LogP contribution < -0.4 is 5.32 Å². The quantitative estimate of drug-likeness (QED) is 0.551. The van der Waals surface area contributed by atoms with Gasteiger partial charge < -0.3 is 4.74 Å². The minimum Gasteiger partial charge on any atom is -0.373 e. The lowest BCUT2D eigenvalue weighted by molar-refractivity contribution is -0.0704. The number of amides is 1. The highest BCUT2D eigenvalue weighted by atomic mass is 35.5. The molecule has 31 heavy (non-hydrogen) atoms. The number of anilines is 1. The molecule has 4 rings (SSSR count). The number of halogens is 1. The van der Waals surface area contributed by atoms with Crippen molar-refractivity contribution in [2.24, 2.45) is 0 Å². The zero-order chi connectivity index (χ0) is 21.8. The lowest BCUT2D eigenvalue weighted by Gasteiger charge is -2.35. The van der Waals surface area contributed by atoms with Crippen LogP contribution in [0, 0.1) is 0 Å². The Morgan fingerprint density at radius 3 is 2.58 bits per heavy atom. The second-order valence-electron chi connectivity index (χ2n) is 8.00. The van der Waals surface area contributed by atoms with Crippen molar-refractivity contribution in [3.05, 3.63) is 81.3 Å². The van der Waals surface area contributed by atoms with Crippen LogP contribution in [-0.4, -0.2) is 41.1 Å². The number of thiazole rings is 1. The molecule has 2 atom stereocenters. The maximum Gasteiger partial charge on any atom is 0.257 e. The van der Waals surface area contributed by atoms with Crippen LogP contribution in [0.4, 0.5) is 5.13 Å².